The van der Waals surface area contributed by atoms with Crippen molar-refractivity contribution in [3.05, 3.63) is 56.2 Å². The van der Waals surface area contributed by atoms with Gasteiger partial charge in [0, 0.05) is 29.0 Å². The molecule has 18 heavy (non-hydrogen) atoms. The van der Waals surface area contributed by atoms with Crippen molar-refractivity contribution < 1.29 is 0 Å². The molecule has 2 aromatic rings. The first-order chi connectivity index (χ1) is 8.81. The van der Waals surface area contributed by atoms with E-state index in [0.717, 1.165) is 6.54 Å². The molecule has 1 aromatic carbocycles. The Bertz CT molecular complexity index is 521. The van der Waals surface area contributed by atoms with Gasteiger partial charge in [-0.25, -0.2) is 0 Å². The van der Waals surface area contributed by atoms with Crippen LogP contribution >= 0.6 is 27.3 Å². The van der Waals surface area contributed by atoms with Crippen molar-refractivity contribution in [1.29, 1.82) is 0 Å². The van der Waals surface area contributed by atoms with Crippen molar-refractivity contribution in [3.63, 3.8) is 0 Å². The van der Waals surface area contributed by atoms with Crippen LogP contribution in [0.15, 0.2) is 40.2 Å². The normalized spacial score (nSPS) is 15.6. The summed E-state index contributed by atoms with van der Waals surface area (Å²) in [5.74, 6) is 0. The van der Waals surface area contributed by atoms with Crippen LogP contribution in [0.25, 0.3) is 0 Å². The molecule has 0 fully saturated rings. The van der Waals surface area contributed by atoms with Crippen LogP contribution < -0.4 is 0 Å². The molecular weight excluding hydrogens is 306 g/mol. The minimum atomic E-state index is 1.10. The van der Waals surface area contributed by atoms with Crippen molar-refractivity contribution in [1.82, 2.24) is 4.90 Å². The van der Waals surface area contributed by atoms with Crippen LogP contribution in [0.1, 0.15) is 16.0 Å². The van der Waals surface area contributed by atoms with E-state index >= 15 is 0 Å². The minimum absolute atomic E-state index is 1.10. The number of rotatable bonds is 3. The van der Waals surface area contributed by atoms with E-state index in [1.54, 1.807) is 0 Å². The van der Waals surface area contributed by atoms with Gasteiger partial charge in [-0.05, 0) is 47.5 Å². The second-order valence-electron chi connectivity index (χ2n) is 4.77. The lowest BCUT2D eigenvalue weighted by molar-refractivity contribution is 0.258. The molecule has 0 radical (unpaired) electrons. The largest absolute Gasteiger partial charge is 0.298 e. The molecule has 0 saturated heterocycles. The van der Waals surface area contributed by atoms with E-state index in [9.17, 15) is 0 Å². The molecule has 0 spiro atoms. The zero-order valence-corrected chi connectivity index (χ0v) is 12.6. The number of hydrogen-bond acceptors (Lipinski definition) is 2. The smallest absolute Gasteiger partial charge is 0.0237 e. The molecular formula is C15H16BrNS. The van der Waals surface area contributed by atoms with Gasteiger partial charge in [-0.1, -0.05) is 28.1 Å². The Morgan fingerprint density at radius 3 is 3.00 bits per heavy atom. The van der Waals surface area contributed by atoms with Gasteiger partial charge in [0.15, 0.2) is 0 Å². The average Bonchev–Trinajstić information content (AvgIpc) is 2.89. The van der Waals surface area contributed by atoms with Gasteiger partial charge in [0.2, 0.25) is 0 Å². The fourth-order valence-corrected chi connectivity index (χ4v) is 3.60. The minimum Gasteiger partial charge on any atom is -0.298 e. The van der Waals surface area contributed by atoms with Crippen LogP contribution in [0, 0.1) is 0 Å². The van der Waals surface area contributed by atoms with Gasteiger partial charge in [-0.15, -0.1) is 11.3 Å². The van der Waals surface area contributed by atoms with Crippen LogP contribution in [-0.2, 0) is 19.4 Å². The SMILES string of the molecule is Brc1ccc2c(c1)CN(CCc1cccs1)CC2. The Balaban J connectivity index is 1.63. The van der Waals surface area contributed by atoms with Gasteiger partial charge in [0.05, 0.1) is 0 Å². The van der Waals surface area contributed by atoms with Crippen LogP contribution in [0.3, 0.4) is 0 Å². The maximum Gasteiger partial charge on any atom is 0.0237 e. The molecule has 0 aliphatic carbocycles. The summed E-state index contributed by atoms with van der Waals surface area (Å²) in [5, 5.41) is 2.16. The van der Waals surface area contributed by atoms with E-state index < -0.39 is 0 Å². The van der Waals surface area contributed by atoms with E-state index in [2.05, 4.69) is 56.5 Å². The number of thiophene rings is 1. The Kier molecular flexibility index (Phi) is 3.83. The molecule has 0 bridgehead atoms. The Morgan fingerprint density at radius 2 is 2.17 bits per heavy atom. The third-order valence-corrected chi connectivity index (χ3v) is 4.94. The quantitative estimate of drug-likeness (QED) is 0.822. The van der Waals surface area contributed by atoms with E-state index in [1.165, 1.54) is 46.4 Å². The molecule has 0 N–H and O–H groups in total. The van der Waals surface area contributed by atoms with E-state index in [4.69, 9.17) is 0 Å². The predicted octanol–water partition coefficient (Wildman–Crippen LogP) is 4.11. The van der Waals surface area contributed by atoms with Crippen LogP contribution in [0.5, 0.6) is 0 Å². The zero-order chi connectivity index (χ0) is 12.4. The molecule has 1 aliphatic heterocycles. The molecule has 0 atom stereocenters. The number of halogens is 1. The summed E-state index contributed by atoms with van der Waals surface area (Å²) in [5.41, 5.74) is 3.01. The number of benzene rings is 1. The highest BCUT2D eigenvalue weighted by Crippen LogP contribution is 2.23. The first-order valence-corrected chi connectivity index (χ1v) is 8.00. The second kappa shape index (κ2) is 5.55. The third-order valence-electron chi connectivity index (χ3n) is 3.51. The van der Waals surface area contributed by atoms with Gasteiger partial charge in [-0.3, -0.25) is 4.90 Å². The molecule has 3 heteroatoms. The van der Waals surface area contributed by atoms with Gasteiger partial charge < -0.3 is 0 Å². The fraction of sp³-hybridized carbons (Fsp3) is 0.333. The summed E-state index contributed by atoms with van der Waals surface area (Å²) in [7, 11) is 0. The fourth-order valence-electron chi connectivity index (χ4n) is 2.50. The van der Waals surface area contributed by atoms with Gasteiger partial charge in [0.25, 0.3) is 0 Å². The van der Waals surface area contributed by atoms with Crippen molar-refractivity contribution in [2.24, 2.45) is 0 Å². The van der Waals surface area contributed by atoms with Crippen LogP contribution in [0.2, 0.25) is 0 Å². The van der Waals surface area contributed by atoms with E-state index in [0.29, 0.717) is 0 Å². The van der Waals surface area contributed by atoms with Crippen LogP contribution in [0.4, 0.5) is 0 Å². The van der Waals surface area contributed by atoms with Gasteiger partial charge in [-0.2, -0.15) is 0 Å². The van der Waals surface area contributed by atoms with Crippen molar-refractivity contribution in [2.45, 2.75) is 19.4 Å². The first-order valence-electron chi connectivity index (χ1n) is 6.33. The summed E-state index contributed by atoms with van der Waals surface area (Å²) < 4.78 is 1.20. The highest BCUT2D eigenvalue weighted by Gasteiger charge is 2.15. The van der Waals surface area contributed by atoms with E-state index in [1.807, 2.05) is 11.3 Å². The van der Waals surface area contributed by atoms with Crippen LogP contribution in [-0.4, -0.2) is 18.0 Å². The monoisotopic (exact) mass is 321 g/mol. The number of nitrogens with zero attached hydrogens (tertiary/aromatic N) is 1. The third kappa shape index (κ3) is 2.85. The standard InChI is InChI=1S/C15H16BrNS/c16-14-4-3-12-5-7-17(11-13(12)10-14)8-6-15-2-1-9-18-15/h1-4,9-10H,5-8,11H2. The first kappa shape index (κ1) is 12.4. The van der Waals surface area contributed by atoms with Crippen molar-refractivity contribution in [2.75, 3.05) is 13.1 Å². The lowest BCUT2D eigenvalue weighted by atomic mass is 10.00. The van der Waals surface area contributed by atoms with Gasteiger partial charge in [0.1, 0.15) is 0 Å². The number of fused-ring (bicyclic) bond motifs is 1. The molecule has 2 heterocycles. The Labute approximate surface area is 121 Å². The second-order valence-corrected chi connectivity index (χ2v) is 6.72. The maximum absolute atomic E-state index is 3.56. The van der Waals surface area contributed by atoms with Crippen molar-refractivity contribution in [3.8, 4) is 0 Å². The summed E-state index contributed by atoms with van der Waals surface area (Å²) in [6.07, 6.45) is 2.37. The molecule has 0 saturated carbocycles. The Hall–Kier alpha value is -0.640. The van der Waals surface area contributed by atoms with Gasteiger partial charge >= 0.3 is 0 Å². The zero-order valence-electron chi connectivity index (χ0n) is 10.2. The van der Waals surface area contributed by atoms with Crippen molar-refractivity contribution >= 4 is 27.3 Å². The molecule has 1 aliphatic rings. The molecule has 0 unspecified atom stereocenters. The predicted molar refractivity (Wildman–Crippen MR) is 81.1 cm³/mol. The lowest BCUT2D eigenvalue weighted by Gasteiger charge is -2.28. The topological polar surface area (TPSA) is 3.24 Å². The molecule has 1 nitrogen and oxygen atoms in total. The average molecular weight is 322 g/mol. The summed E-state index contributed by atoms with van der Waals surface area (Å²) >= 11 is 5.43. The molecule has 0 amide bonds. The molecule has 1 aromatic heterocycles. The molecule has 3 rings (SSSR count). The summed E-state index contributed by atoms with van der Waals surface area (Å²) in [4.78, 5) is 4.06. The number of hydrogen-bond donors (Lipinski definition) is 0. The molecule has 94 valence electrons. The summed E-state index contributed by atoms with van der Waals surface area (Å²) in [6, 6.07) is 11.1. The maximum atomic E-state index is 3.56. The Morgan fingerprint density at radius 1 is 1.22 bits per heavy atom. The highest BCUT2D eigenvalue weighted by molar-refractivity contribution is 9.10. The highest BCUT2D eigenvalue weighted by atomic mass is 79.9. The van der Waals surface area contributed by atoms with E-state index in [-0.39, 0.29) is 0 Å². The lowest BCUT2D eigenvalue weighted by Crippen LogP contribution is -2.32. The summed E-state index contributed by atoms with van der Waals surface area (Å²) in [6.45, 7) is 3.46.